The van der Waals surface area contributed by atoms with E-state index in [1.54, 1.807) is 30.9 Å². The van der Waals surface area contributed by atoms with E-state index in [4.69, 9.17) is 9.40 Å². The molecular weight excluding hydrogens is 394 g/mol. The van der Waals surface area contributed by atoms with Crippen LogP contribution in [-0.2, 0) is 0 Å². The average Bonchev–Trinajstić information content (AvgIpc) is 3.49. The quantitative estimate of drug-likeness (QED) is 0.504. The fourth-order valence-corrected chi connectivity index (χ4v) is 3.86. The van der Waals surface area contributed by atoms with Gasteiger partial charge in [0.15, 0.2) is 11.4 Å². The molecule has 9 nitrogen and oxygen atoms in total. The number of anilines is 1. The number of carbonyl (C=O) groups is 1. The fraction of sp³-hybridized carbons (Fsp3) is 0.318. The van der Waals surface area contributed by atoms with Crippen LogP contribution in [0.1, 0.15) is 30.2 Å². The topological polar surface area (TPSA) is 93.2 Å². The predicted molar refractivity (Wildman–Crippen MR) is 116 cm³/mol. The van der Waals surface area contributed by atoms with Crippen LogP contribution >= 0.6 is 0 Å². The molecule has 0 saturated carbocycles. The van der Waals surface area contributed by atoms with E-state index in [9.17, 15) is 4.79 Å². The van der Waals surface area contributed by atoms with Gasteiger partial charge in [-0.1, -0.05) is 0 Å². The zero-order valence-corrected chi connectivity index (χ0v) is 17.5. The van der Waals surface area contributed by atoms with Gasteiger partial charge in [0.2, 0.25) is 5.95 Å². The monoisotopic (exact) mass is 417 g/mol. The summed E-state index contributed by atoms with van der Waals surface area (Å²) in [6.07, 6.45) is 6.80. The number of pyridine rings is 1. The summed E-state index contributed by atoms with van der Waals surface area (Å²) >= 11 is 0. The second kappa shape index (κ2) is 7.82. The molecular formula is C22H23N7O2. The molecule has 0 unspecified atom stereocenters. The van der Waals surface area contributed by atoms with Crippen molar-refractivity contribution < 1.29 is 9.21 Å². The molecule has 5 heterocycles. The minimum absolute atomic E-state index is 0.0304. The number of hydrogen-bond acceptors (Lipinski definition) is 7. The summed E-state index contributed by atoms with van der Waals surface area (Å²) in [6.45, 7) is 6.63. The number of hydrogen-bond donors (Lipinski definition) is 0. The second-order valence-electron chi connectivity index (χ2n) is 7.78. The van der Waals surface area contributed by atoms with Gasteiger partial charge >= 0.3 is 0 Å². The molecule has 1 fully saturated rings. The Bertz CT molecular complexity index is 1190. The number of piperazine rings is 1. The van der Waals surface area contributed by atoms with Crippen molar-refractivity contribution in [3.8, 4) is 11.5 Å². The van der Waals surface area contributed by atoms with E-state index < -0.39 is 0 Å². The first-order chi connectivity index (χ1) is 15.1. The lowest BCUT2D eigenvalue weighted by Crippen LogP contribution is -2.49. The Balaban J connectivity index is 1.47. The number of rotatable bonds is 4. The number of carbonyl (C=O) groups excluding carboxylic acids is 1. The number of furan rings is 1. The number of nitrogens with zero attached hydrogens (tertiary/aromatic N) is 7. The zero-order valence-electron chi connectivity index (χ0n) is 17.5. The van der Waals surface area contributed by atoms with E-state index in [0.717, 1.165) is 5.39 Å². The Morgan fingerprint density at radius 3 is 2.55 bits per heavy atom. The van der Waals surface area contributed by atoms with Crippen LogP contribution in [0.3, 0.4) is 0 Å². The highest BCUT2D eigenvalue weighted by molar-refractivity contribution is 6.06. The van der Waals surface area contributed by atoms with Crippen molar-refractivity contribution in [2.45, 2.75) is 19.9 Å². The van der Waals surface area contributed by atoms with Crippen LogP contribution in [0, 0.1) is 0 Å². The predicted octanol–water partition coefficient (Wildman–Crippen LogP) is 3.02. The summed E-state index contributed by atoms with van der Waals surface area (Å²) in [4.78, 5) is 30.9. The second-order valence-corrected chi connectivity index (χ2v) is 7.78. The van der Waals surface area contributed by atoms with Crippen molar-refractivity contribution in [1.82, 2.24) is 29.6 Å². The van der Waals surface area contributed by atoms with Crippen molar-refractivity contribution in [3.63, 3.8) is 0 Å². The molecule has 4 aromatic rings. The lowest BCUT2D eigenvalue weighted by atomic mass is 10.1. The fourth-order valence-electron chi connectivity index (χ4n) is 3.86. The molecule has 158 valence electrons. The van der Waals surface area contributed by atoms with Crippen molar-refractivity contribution in [1.29, 1.82) is 0 Å². The largest absolute Gasteiger partial charge is 0.463 e. The van der Waals surface area contributed by atoms with Gasteiger partial charge in [0.1, 0.15) is 5.69 Å². The summed E-state index contributed by atoms with van der Waals surface area (Å²) < 4.78 is 7.39. The van der Waals surface area contributed by atoms with Crippen LogP contribution in [0.25, 0.3) is 22.5 Å². The van der Waals surface area contributed by atoms with Gasteiger partial charge in [0, 0.05) is 44.6 Å². The van der Waals surface area contributed by atoms with E-state index in [1.165, 1.54) is 0 Å². The lowest BCUT2D eigenvalue weighted by molar-refractivity contribution is 0.0748. The summed E-state index contributed by atoms with van der Waals surface area (Å²) in [7, 11) is 0. The van der Waals surface area contributed by atoms with Crippen molar-refractivity contribution in [3.05, 3.63) is 54.7 Å². The van der Waals surface area contributed by atoms with Crippen LogP contribution in [0.4, 0.5) is 5.95 Å². The molecule has 31 heavy (non-hydrogen) atoms. The molecule has 0 N–H and O–H groups in total. The van der Waals surface area contributed by atoms with Crippen LogP contribution in [0.2, 0.25) is 0 Å². The van der Waals surface area contributed by atoms with Gasteiger partial charge in [-0.15, -0.1) is 0 Å². The van der Waals surface area contributed by atoms with E-state index in [-0.39, 0.29) is 11.9 Å². The van der Waals surface area contributed by atoms with E-state index in [2.05, 4.69) is 20.0 Å². The molecule has 0 atom stereocenters. The minimum atomic E-state index is -0.0304. The molecule has 5 rings (SSSR count). The molecule has 0 aromatic carbocycles. The highest BCUT2D eigenvalue weighted by atomic mass is 16.3. The molecule has 0 spiro atoms. The van der Waals surface area contributed by atoms with Crippen molar-refractivity contribution in [2.75, 3.05) is 31.1 Å². The first kappa shape index (κ1) is 19.2. The molecule has 4 aromatic heterocycles. The van der Waals surface area contributed by atoms with Crippen LogP contribution in [0.5, 0.6) is 0 Å². The maximum Gasteiger partial charge on any atom is 0.254 e. The third-order valence-electron chi connectivity index (χ3n) is 5.46. The Morgan fingerprint density at radius 1 is 1.10 bits per heavy atom. The van der Waals surface area contributed by atoms with E-state index in [0.29, 0.717) is 54.8 Å². The highest BCUT2D eigenvalue weighted by Gasteiger charge is 2.27. The molecule has 0 aliphatic carbocycles. The Kier molecular flexibility index (Phi) is 4.85. The number of aromatic nitrogens is 5. The standard InChI is InChI=1S/C22H23N7O2/c1-15(2)29-20-17(14-25-29)16(13-18(26-20)19-5-3-12-31-19)21(30)27-8-10-28(11-9-27)22-23-6-4-7-24-22/h3-7,12-15H,8-11H2,1-2H3. The molecule has 1 aliphatic rings. The van der Waals surface area contributed by atoms with Gasteiger partial charge in [0.25, 0.3) is 5.91 Å². The SMILES string of the molecule is CC(C)n1ncc2c(C(=O)N3CCN(c4ncccn4)CC3)cc(-c3ccco3)nc21. The maximum absolute atomic E-state index is 13.5. The first-order valence-corrected chi connectivity index (χ1v) is 10.3. The highest BCUT2D eigenvalue weighted by Crippen LogP contribution is 2.28. The molecule has 0 radical (unpaired) electrons. The average molecular weight is 417 g/mol. The van der Waals surface area contributed by atoms with Gasteiger partial charge < -0.3 is 14.2 Å². The zero-order chi connectivity index (χ0) is 21.4. The van der Waals surface area contributed by atoms with Gasteiger partial charge in [-0.25, -0.2) is 19.6 Å². The normalized spacial score (nSPS) is 14.5. The van der Waals surface area contributed by atoms with Crippen LogP contribution < -0.4 is 4.90 Å². The van der Waals surface area contributed by atoms with Crippen LogP contribution in [-0.4, -0.2) is 61.7 Å². The summed E-state index contributed by atoms with van der Waals surface area (Å²) in [5.74, 6) is 1.29. The Hall–Kier alpha value is -3.75. The third-order valence-corrected chi connectivity index (χ3v) is 5.46. The van der Waals surface area contributed by atoms with Gasteiger partial charge in [-0.05, 0) is 38.1 Å². The van der Waals surface area contributed by atoms with Gasteiger partial charge in [0.05, 0.1) is 23.4 Å². The van der Waals surface area contributed by atoms with Crippen molar-refractivity contribution in [2.24, 2.45) is 0 Å². The maximum atomic E-state index is 13.5. The Labute approximate surface area is 179 Å². The first-order valence-electron chi connectivity index (χ1n) is 10.3. The van der Waals surface area contributed by atoms with E-state index >= 15 is 0 Å². The summed E-state index contributed by atoms with van der Waals surface area (Å²) in [6, 6.07) is 7.38. The lowest BCUT2D eigenvalue weighted by Gasteiger charge is -2.34. The van der Waals surface area contributed by atoms with Gasteiger partial charge in [-0.2, -0.15) is 5.10 Å². The summed E-state index contributed by atoms with van der Waals surface area (Å²) in [5.41, 5.74) is 1.90. The molecule has 1 saturated heterocycles. The molecule has 1 amide bonds. The number of amides is 1. The molecule has 9 heteroatoms. The number of fused-ring (bicyclic) bond motifs is 1. The molecule has 0 bridgehead atoms. The molecule has 1 aliphatic heterocycles. The van der Waals surface area contributed by atoms with Crippen molar-refractivity contribution >= 4 is 22.9 Å². The minimum Gasteiger partial charge on any atom is -0.463 e. The van der Waals surface area contributed by atoms with E-state index in [1.807, 2.05) is 41.6 Å². The third kappa shape index (κ3) is 3.52. The Morgan fingerprint density at radius 2 is 1.87 bits per heavy atom. The smallest absolute Gasteiger partial charge is 0.254 e. The van der Waals surface area contributed by atoms with Crippen LogP contribution in [0.15, 0.2) is 53.5 Å². The summed E-state index contributed by atoms with van der Waals surface area (Å²) in [5, 5.41) is 5.24. The van der Waals surface area contributed by atoms with Gasteiger partial charge in [-0.3, -0.25) is 4.79 Å².